The van der Waals surface area contributed by atoms with Crippen LogP contribution in [-0.4, -0.2) is 15.9 Å². The summed E-state index contributed by atoms with van der Waals surface area (Å²) in [4.78, 5) is 19.0. The number of rotatable bonds is 4. The first-order valence-corrected chi connectivity index (χ1v) is 6.47. The Morgan fingerprint density at radius 1 is 1.10 bits per heavy atom. The van der Waals surface area contributed by atoms with E-state index < -0.39 is 0 Å². The third-order valence-corrected chi connectivity index (χ3v) is 3.18. The Morgan fingerprint density at radius 3 is 2.67 bits per heavy atom. The van der Waals surface area contributed by atoms with Crippen molar-refractivity contribution in [3.8, 4) is 0 Å². The molecule has 0 fully saturated rings. The Labute approximate surface area is 121 Å². The van der Waals surface area contributed by atoms with Crippen LogP contribution in [-0.2, 0) is 0 Å². The van der Waals surface area contributed by atoms with E-state index >= 15 is 0 Å². The van der Waals surface area contributed by atoms with Gasteiger partial charge in [0.05, 0.1) is 5.70 Å². The SMILES string of the molecule is C=C(NNC(=O)c1ccncc1)c1c[nH]c2ccccc12. The zero-order valence-electron chi connectivity index (χ0n) is 11.3. The second-order valence-corrected chi connectivity index (χ2v) is 4.54. The smallest absolute Gasteiger partial charge is 0.269 e. The van der Waals surface area contributed by atoms with Crippen LogP contribution >= 0.6 is 0 Å². The molecule has 3 N–H and O–H groups in total. The molecule has 0 unspecified atom stereocenters. The largest absolute Gasteiger partial charge is 0.360 e. The Bertz CT molecular complexity index is 792. The number of pyridine rings is 1. The number of H-pyrrole nitrogens is 1. The summed E-state index contributed by atoms with van der Waals surface area (Å²) < 4.78 is 0. The Kier molecular flexibility index (Phi) is 3.39. The number of benzene rings is 1. The lowest BCUT2D eigenvalue weighted by atomic mass is 10.1. The van der Waals surface area contributed by atoms with Crippen LogP contribution in [0.4, 0.5) is 0 Å². The van der Waals surface area contributed by atoms with Gasteiger partial charge in [-0.3, -0.25) is 20.6 Å². The molecule has 1 amide bonds. The minimum Gasteiger partial charge on any atom is -0.360 e. The van der Waals surface area contributed by atoms with E-state index in [9.17, 15) is 4.79 Å². The molecule has 5 nitrogen and oxygen atoms in total. The highest BCUT2D eigenvalue weighted by atomic mass is 16.2. The summed E-state index contributed by atoms with van der Waals surface area (Å²) in [6.07, 6.45) is 5.01. The van der Waals surface area contributed by atoms with Gasteiger partial charge in [-0.05, 0) is 18.2 Å². The van der Waals surface area contributed by atoms with Crippen molar-refractivity contribution in [2.75, 3.05) is 0 Å². The fraction of sp³-hybridized carbons (Fsp3) is 0. The van der Waals surface area contributed by atoms with Gasteiger partial charge < -0.3 is 4.98 Å². The second-order valence-electron chi connectivity index (χ2n) is 4.54. The Balaban J connectivity index is 1.71. The van der Waals surface area contributed by atoms with Crippen molar-refractivity contribution in [3.63, 3.8) is 0 Å². The molecule has 0 saturated heterocycles. The highest BCUT2D eigenvalue weighted by Gasteiger charge is 2.08. The molecule has 3 rings (SSSR count). The van der Waals surface area contributed by atoms with Crippen LogP contribution in [0.5, 0.6) is 0 Å². The zero-order valence-corrected chi connectivity index (χ0v) is 11.3. The Morgan fingerprint density at radius 2 is 1.86 bits per heavy atom. The second kappa shape index (κ2) is 5.50. The molecule has 104 valence electrons. The number of aromatic amines is 1. The third-order valence-electron chi connectivity index (χ3n) is 3.18. The van der Waals surface area contributed by atoms with Crippen LogP contribution in [0.2, 0.25) is 0 Å². The number of nitrogens with one attached hydrogen (secondary N) is 3. The highest BCUT2D eigenvalue weighted by Crippen LogP contribution is 2.21. The molecule has 0 bridgehead atoms. The lowest BCUT2D eigenvalue weighted by molar-refractivity contribution is 0.0942. The third kappa shape index (κ3) is 2.62. The number of aromatic nitrogens is 2. The number of hydrogen-bond acceptors (Lipinski definition) is 3. The first kappa shape index (κ1) is 12.9. The van der Waals surface area contributed by atoms with Gasteiger partial charge in [-0.2, -0.15) is 0 Å². The first-order chi connectivity index (χ1) is 10.3. The average Bonchev–Trinajstić information content (AvgIpc) is 2.97. The van der Waals surface area contributed by atoms with E-state index in [4.69, 9.17) is 0 Å². The molecular formula is C16H14N4O. The normalized spacial score (nSPS) is 10.3. The minimum absolute atomic E-state index is 0.238. The van der Waals surface area contributed by atoms with Crippen LogP contribution in [0, 0.1) is 0 Å². The predicted molar refractivity (Wildman–Crippen MR) is 82.2 cm³/mol. The molecule has 0 aliphatic carbocycles. The Hall–Kier alpha value is -3.08. The van der Waals surface area contributed by atoms with Crippen molar-refractivity contribution in [1.82, 2.24) is 20.8 Å². The van der Waals surface area contributed by atoms with E-state index in [-0.39, 0.29) is 5.91 Å². The van der Waals surface area contributed by atoms with Crippen LogP contribution in [0.15, 0.2) is 61.6 Å². The van der Waals surface area contributed by atoms with E-state index in [0.29, 0.717) is 11.3 Å². The number of fused-ring (bicyclic) bond motifs is 1. The van der Waals surface area contributed by atoms with Crippen molar-refractivity contribution in [1.29, 1.82) is 0 Å². The summed E-state index contributed by atoms with van der Waals surface area (Å²) in [5, 5.41) is 1.05. The van der Waals surface area contributed by atoms with Gasteiger partial charge in [-0.25, -0.2) is 0 Å². The molecule has 3 aromatic rings. The molecule has 0 atom stereocenters. The number of carbonyl (C=O) groups excluding carboxylic acids is 1. The molecular weight excluding hydrogens is 264 g/mol. The van der Waals surface area contributed by atoms with E-state index in [2.05, 4.69) is 27.4 Å². The van der Waals surface area contributed by atoms with Crippen LogP contribution in [0.3, 0.4) is 0 Å². The van der Waals surface area contributed by atoms with Gasteiger partial charge in [0.15, 0.2) is 0 Å². The highest BCUT2D eigenvalue weighted by molar-refractivity contribution is 5.95. The number of hydrazine groups is 1. The minimum atomic E-state index is -0.238. The van der Waals surface area contributed by atoms with Crippen LogP contribution in [0.1, 0.15) is 15.9 Å². The fourth-order valence-corrected chi connectivity index (χ4v) is 2.10. The lowest BCUT2D eigenvalue weighted by Crippen LogP contribution is -2.35. The molecule has 2 aromatic heterocycles. The topological polar surface area (TPSA) is 69.8 Å². The van der Waals surface area contributed by atoms with Crippen molar-refractivity contribution in [3.05, 3.63) is 72.7 Å². The molecule has 2 heterocycles. The molecule has 21 heavy (non-hydrogen) atoms. The molecule has 5 heteroatoms. The average molecular weight is 278 g/mol. The van der Waals surface area contributed by atoms with E-state index in [0.717, 1.165) is 16.5 Å². The number of para-hydroxylation sites is 1. The summed E-state index contributed by atoms with van der Waals surface area (Å²) >= 11 is 0. The van der Waals surface area contributed by atoms with E-state index in [1.165, 1.54) is 0 Å². The van der Waals surface area contributed by atoms with Gasteiger partial charge in [-0.15, -0.1) is 0 Å². The van der Waals surface area contributed by atoms with Gasteiger partial charge in [-0.1, -0.05) is 24.8 Å². The van der Waals surface area contributed by atoms with E-state index in [1.807, 2.05) is 30.5 Å². The summed E-state index contributed by atoms with van der Waals surface area (Å²) in [6, 6.07) is 11.2. The molecule has 1 aromatic carbocycles. The van der Waals surface area contributed by atoms with Gasteiger partial charge in [0, 0.05) is 40.6 Å². The molecule has 0 aliphatic rings. The molecule has 0 radical (unpaired) electrons. The van der Waals surface area contributed by atoms with Gasteiger partial charge in [0.25, 0.3) is 5.91 Å². The molecule has 0 aliphatic heterocycles. The van der Waals surface area contributed by atoms with Crippen molar-refractivity contribution < 1.29 is 4.79 Å². The van der Waals surface area contributed by atoms with Crippen molar-refractivity contribution >= 4 is 22.5 Å². The number of carbonyl (C=O) groups is 1. The summed E-state index contributed by atoms with van der Waals surface area (Å²) in [5.41, 5.74) is 8.56. The van der Waals surface area contributed by atoms with Crippen molar-refractivity contribution in [2.24, 2.45) is 0 Å². The molecule has 0 saturated carbocycles. The van der Waals surface area contributed by atoms with Gasteiger partial charge in [0.1, 0.15) is 0 Å². The summed E-state index contributed by atoms with van der Waals surface area (Å²) in [5.74, 6) is -0.238. The van der Waals surface area contributed by atoms with Crippen LogP contribution in [0.25, 0.3) is 16.6 Å². The quantitative estimate of drug-likeness (QED) is 0.642. The van der Waals surface area contributed by atoms with Gasteiger partial charge >= 0.3 is 0 Å². The lowest BCUT2D eigenvalue weighted by Gasteiger charge is -2.10. The maximum atomic E-state index is 11.9. The number of nitrogens with zero attached hydrogens (tertiary/aromatic N) is 1. The number of amides is 1. The van der Waals surface area contributed by atoms with Crippen LogP contribution < -0.4 is 10.9 Å². The van der Waals surface area contributed by atoms with E-state index in [1.54, 1.807) is 24.5 Å². The fourth-order valence-electron chi connectivity index (χ4n) is 2.10. The number of hydrogen-bond donors (Lipinski definition) is 3. The van der Waals surface area contributed by atoms with Crippen molar-refractivity contribution in [2.45, 2.75) is 0 Å². The standard InChI is InChI=1S/C16H14N4O/c1-11(14-10-18-15-5-3-2-4-13(14)15)19-20-16(21)12-6-8-17-9-7-12/h2-10,18-19H,1H2,(H,20,21). The summed E-state index contributed by atoms with van der Waals surface area (Å²) in [6.45, 7) is 3.95. The maximum absolute atomic E-state index is 11.9. The monoisotopic (exact) mass is 278 g/mol. The summed E-state index contributed by atoms with van der Waals surface area (Å²) in [7, 11) is 0. The molecule has 0 spiro atoms. The first-order valence-electron chi connectivity index (χ1n) is 6.47. The van der Waals surface area contributed by atoms with Gasteiger partial charge in [0.2, 0.25) is 0 Å². The zero-order chi connectivity index (χ0) is 14.7. The predicted octanol–water partition coefficient (Wildman–Crippen LogP) is 2.47. The maximum Gasteiger partial charge on any atom is 0.269 e.